The lowest BCUT2D eigenvalue weighted by atomic mass is 10.1. The van der Waals surface area contributed by atoms with Crippen molar-refractivity contribution in [2.45, 2.75) is 13.5 Å². The average molecular weight is 183 g/mol. The van der Waals surface area contributed by atoms with E-state index in [2.05, 4.69) is 0 Å². The minimum absolute atomic E-state index is 0.132. The highest BCUT2D eigenvalue weighted by atomic mass is 19.1. The summed E-state index contributed by atoms with van der Waals surface area (Å²) in [5, 5.41) is 0. The largest absolute Gasteiger partial charge is 0.398 e. The van der Waals surface area contributed by atoms with Gasteiger partial charge >= 0.3 is 0 Å². The van der Waals surface area contributed by atoms with Crippen LogP contribution >= 0.6 is 0 Å². The Morgan fingerprint density at radius 2 is 2.23 bits per heavy atom. The van der Waals surface area contributed by atoms with E-state index in [1.165, 1.54) is 0 Å². The fourth-order valence-corrected chi connectivity index (χ4v) is 1.08. The molecule has 0 saturated carbocycles. The maximum absolute atomic E-state index is 11.7. The molecule has 3 heteroatoms. The highest BCUT2D eigenvalue weighted by molar-refractivity contribution is 5.48. The number of anilines is 1. The van der Waals surface area contributed by atoms with Crippen LogP contribution < -0.4 is 5.73 Å². The Labute approximate surface area is 77.5 Å². The van der Waals surface area contributed by atoms with Crippen LogP contribution in [0.4, 0.5) is 10.1 Å². The van der Waals surface area contributed by atoms with Crippen LogP contribution in [-0.4, -0.2) is 13.3 Å². The fourth-order valence-electron chi connectivity index (χ4n) is 1.08. The van der Waals surface area contributed by atoms with Crippen LogP contribution in [0.3, 0.4) is 0 Å². The Bertz CT molecular complexity index is 276. The van der Waals surface area contributed by atoms with E-state index in [9.17, 15) is 4.39 Å². The van der Waals surface area contributed by atoms with E-state index in [1.807, 2.05) is 25.1 Å². The van der Waals surface area contributed by atoms with Gasteiger partial charge in [0.15, 0.2) is 0 Å². The molecule has 1 aromatic rings. The third kappa shape index (κ3) is 3.03. The molecule has 0 radical (unpaired) electrons. The van der Waals surface area contributed by atoms with Crippen LogP contribution in [0.2, 0.25) is 0 Å². The molecule has 0 unspecified atom stereocenters. The maximum Gasteiger partial charge on any atom is 0.113 e. The molecule has 13 heavy (non-hydrogen) atoms. The Balaban J connectivity index is 2.56. The maximum atomic E-state index is 11.7. The van der Waals surface area contributed by atoms with Gasteiger partial charge in [-0.1, -0.05) is 12.1 Å². The fraction of sp³-hybridized carbons (Fsp3) is 0.400. The molecular weight excluding hydrogens is 169 g/mol. The summed E-state index contributed by atoms with van der Waals surface area (Å²) >= 11 is 0. The quantitative estimate of drug-likeness (QED) is 0.573. The Hall–Kier alpha value is -1.09. The first-order valence-electron chi connectivity index (χ1n) is 4.22. The molecule has 0 spiro atoms. The van der Waals surface area contributed by atoms with E-state index in [0.29, 0.717) is 12.3 Å². The first-order valence-corrected chi connectivity index (χ1v) is 4.22. The second kappa shape index (κ2) is 4.82. The van der Waals surface area contributed by atoms with E-state index in [4.69, 9.17) is 10.5 Å². The predicted octanol–water partition coefficient (Wildman–Crippen LogP) is 2.06. The van der Waals surface area contributed by atoms with Crippen LogP contribution in [-0.2, 0) is 11.3 Å². The number of ether oxygens (including phenoxy) is 1. The van der Waals surface area contributed by atoms with Crippen LogP contribution in [0.15, 0.2) is 18.2 Å². The molecule has 0 fully saturated rings. The van der Waals surface area contributed by atoms with Gasteiger partial charge in [0, 0.05) is 11.3 Å². The highest BCUT2D eigenvalue weighted by Crippen LogP contribution is 2.14. The molecule has 0 heterocycles. The first kappa shape index (κ1) is 9.99. The minimum atomic E-state index is -0.453. The number of hydrogen-bond acceptors (Lipinski definition) is 2. The summed E-state index contributed by atoms with van der Waals surface area (Å²) in [5.74, 6) is 0. The SMILES string of the molecule is Cc1ccc(COCCF)c(N)c1. The van der Waals surface area contributed by atoms with Crippen molar-refractivity contribution in [3.63, 3.8) is 0 Å². The van der Waals surface area contributed by atoms with Gasteiger partial charge in [0.05, 0.1) is 13.2 Å². The average Bonchev–Trinajstić information content (AvgIpc) is 2.09. The summed E-state index contributed by atoms with van der Waals surface area (Å²) in [6.07, 6.45) is 0. The van der Waals surface area contributed by atoms with Gasteiger partial charge in [-0.25, -0.2) is 4.39 Å². The zero-order valence-corrected chi connectivity index (χ0v) is 7.72. The monoisotopic (exact) mass is 183 g/mol. The number of benzene rings is 1. The van der Waals surface area contributed by atoms with Gasteiger partial charge in [-0.2, -0.15) is 0 Å². The number of aryl methyl sites for hydroxylation is 1. The molecule has 0 atom stereocenters. The molecule has 2 N–H and O–H groups in total. The third-order valence-electron chi connectivity index (χ3n) is 1.78. The Morgan fingerprint density at radius 3 is 2.85 bits per heavy atom. The van der Waals surface area contributed by atoms with Crippen molar-refractivity contribution in [1.29, 1.82) is 0 Å². The molecule has 0 bridgehead atoms. The zero-order valence-electron chi connectivity index (χ0n) is 7.72. The molecule has 0 aliphatic carbocycles. The summed E-state index contributed by atoms with van der Waals surface area (Å²) in [7, 11) is 0. The number of nitrogens with two attached hydrogens (primary N) is 1. The number of rotatable bonds is 4. The smallest absolute Gasteiger partial charge is 0.113 e. The molecule has 0 saturated heterocycles. The van der Waals surface area contributed by atoms with Crippen LogP contribution in [0, 0.1) is 6.92 Å². The van der Waals surface area contributed by atoms with Crippen molar-refractivity contribution in [2.24, 2.45) is 0 Å². The van der Waals surface area contributed by atoms with Gasteiger partial charge in [0.2, 0.25) is 0 Å². The van der Waals surface area contributed by atoms with Crippen molar-refractivity contribution in [2.75, 3.05) is 19.0 Å². The lowest BCUT2D eigenvalue weighted by molar-refractivity contribution is 0.107. The van der Waals surface area contributed by atoms with Crippen LogP contribution in [0.25, 0.3) is 0 Å². The van der Waals surface area contributed by atoms with Crippen molar-refractivity contribution >= 4 is 5.69 Å². The van der Waals surface area contributed by atoms with Crippen molar-refractivity contribution in [3.05, 3.63) is 29.3 Å². The Kier molecular flexibility index (Phi) is 3.71. The van der Waals surface area contributed by atoms with Gasteiger partial charge in [-0.15, -0.1) is 0 Å². The van der Waals surface area contributed by atoms with E-state index >= 15 is 0 Å². The second-order valence-corrected chi connectivity index (χ2v) is 2.94. The lowest BCUT2D eigenvalue weighted by Gasteiger charge is -2.06. The second-order valence-electron chi connectivity index (χ2n) is 2.94. The van der Waals surface area contributed by atoms with Crippen molar-refractivity contribution in [3.8, 4) is 0 Å². The summed E-state index contributed by atoms with van der Waals surface area (Å²) in [5.41, 5.74) is 8.47. The lowest BCUT2D eigenvalue weighted by Crippen LogP contribution is -2.00. The molecule has 1 aromatic carbocycles. The molecule has 0 aliphatic rings. The van der Waals surface area contributed by atoms with Gasteiger partial charge in [0.1, 0.15) is 6.67 Å². The highest BCUT2D eigenvalue weighted by Gasteiger charge is 1.98. The molecule has 0 aromatic heterocycles. The van der Waals surface area contributed by atoms with Gasteiger partial charge in [0.25, 0.3) is 0 Å². The molecule has 72 valence electrons. The summed E-state index contributed by atoms with van der Waals surface area (Å²) in [6.45, 7) is 2.04. The number of nitrogen functional groups attached to an aromatic ring is 1. The molecule has 1 rings (SSSR count). The van der Waals surface area contributed by atoms with E-state index in [0.717, 1.165) is 11.1 Å². The van der Waals surface area contributed by atoms with E-state index in [-0.39, 0.29) is 6.61 Å². The minimum Gasteiger partial charge on any atom is -0.398 e. The molecular formula is C10H14FNO. The molecule has 0 amide bonds. The third-order valence-corrected chi connectivity index (χ3v) is 1.78. The van der Waals surface area contributed by atoms with Crippen LogP contribution in [0.1, 0.15) is 11.1 Å². The van der Waals surface area contributed by atoms with Gasteiger partial charge in [-0.3, -0.25) is 0 Å². The van der Waals surface area contributed by atoms with E-state index in [1.54, 1.807) is 0 Å². The normalized spacial score (nSPS) is 10.3. The zero-order chi connectivity index (χ0) is 9.68. The summed E-state index contributed by atoms with van der Waals surface area (Å²) in [4.78, 5) is 0. The molecule has 2 nitrogen and oxygen atoms in total. The summed E-state index contributed by atoms with van der Waals surface area (Å²) < 4.78 is 16.7. The topological polar surface area (TPSA) is 35.2 Å². The molecule has 0 aliphatic heterocycles. The van der Waals surface area contributed by atoms with Crippen molar-refractivity contribution < 1.29 is 9.13 Å². The first-order chi connectivity index (χ1) is 6.24. The standard InChI is InChI=1S/C10H14FNO/c1-8-2-3-9(10(12)6-8)7-13-5-4-11/h2-3,6H,4-5,7,12H2,1H3. The van der Waals surface area contributed by atoms with E-state index < -0.39 is 6.67 Å². The predicted molar refractivity (Wildman–Crippen MR) is 51.2 cm³/mol. The summed E-state index contributed by atoms with van der Waals surface area (Å²) in [6, 6.07) is 5.75. The number of halogens is 1. The number of alkyl halides is 1. The van der Waals surface area contributed by atoms with Crippen LogP contribution in [0.5, 0.6) is 0 Å². The van der Waals surface area contributed by atoms with Crippen molar-refractivity contribution in [1.82, 2.24) is 0 Å². The van der Waals surface area contributed by atoms with Gasteiger partial charge in [-0.05, 0) is 18.6 Å². The number of hydrogen-bond donors (Lipinski definition) is 1. The van der Waals surface area contributed by atoms with Gasteiger partial charge < -0.3 is 10.5 Å². The Morgan fingerprint density at radius 1 is 1.46 bits per heavy atom.